The highest BCUT2D eigenvalue weighted by Gasteiger charge is 2.32. The van der Waals surface area contributed by atoms with Gasteiger partial charge in [-0.2, -0.15) is 0 Å². The molecule has 0 aromatic rings. The second kappa shape index (κ2) is 11.6. The zero-order valence-electron chi connectivity index (χ0n) is 14.2. The Labute approximate surface area is 134 Å². The van der Waals surface area contributed by atoms with Crippen molar-refractivity contribution in [3.63, 3.8) is 0 Å². The highest BCUT2D eigenvalue weighted by molar-refractivity contribution is 5.66. The molecule has 1 aliphatic heterocycles. The monoisotopic (exact) mass is 312 g/mol. The zero-order valence-corrected chi connectivity index (χ0v) is 14.2. The van der Waals surface area contributed by atoms with Crippen LogP contribution in [0.4, 0.5) is 0 Å². The minimum atomic E-state index is -0.318. The quantitative estimate of drug-likeness (QED) is 0.308. The number of hydrogen-bond donors (Lipinski definition) is 0. The Bertz CT molecular complexity index is 316. The normalized spacial score (nSPS) is 22.5. The van der Waals surface area contributed by atoms with Gasteiger partial charge in [0, 0.05) is 6.92 Å². The molecule has 0 N–H and O–H groups in total. The summed E-state index contributed by atoms with van der Waals surface area (Å²) in [4.78, 5) is 22.0. The summed E-state index contributed by atoms with van der Waals surface area (Å²) in [6.45, 7) is 3.67. The summed E-state index contributed by atoms with van der Waals surface area (Å²) in [5, 5.41) is 0. The van der Waals surface area contributed by atoms with Crippen molar-refractivity contribution >= 4 is 12.3 Å². The molecule has 0 radical (unpaired) electrons. The molecule has 0 aromatic carbocycles. The van der Waals surface area contributed by atoms with Crippen molar-refractivity contribution in [2.75, 3.05) is 0 Å². The molecule has 1 aliphatic rings. The van der Waals surface area contributed by atoms with E-state index in [0.29, 0.717) is 0 Å². The molecular weight excluding hydrogens is 280 g/mol. The van der Waals surface area contributed by atoms with Gasteiger partial charge in [0.05, 0.1) is 6.10 Å². The smallest absolute Gasteiger partial charge is 0.302 e. The van der Waals surface area contributed by atoms with Crippen LogP contribution in [0.1, 0.15) is 84.5 Å². The number of esters is 1. The van der Waals surface area contributed by atoms with Gasteiger partial charge < -0.3 is 14.3 Å². The van der Waals surface area contributed by atoms with Crippen molar-refractivity contribution in [2.45, 2.75) is 103 Å². The maximum atomic E-state index is 11.3. The number of carbonyl (C=O) groups excluding carboxylic acids is 2. The Morgan fingerprint density at radius 3 is 2.32 bits per heavy atom. The van der Waals surface area contributed by atoms with Gasteiger partial charge in [-0.1, -0.05) is 51.9 Å². The fourth-order valence-electron chi connectivity index (χ4n) is 3.08. The molecule has 1 rings (SSSR count). The van der Waals surface area contributed by atoms with E-state index in [9.17, 15) is 9.59 Å². The van der Waals surface area contributed by atoms with Crippen LogP contribution < -0.4 is 0 Å². The Morgan fingerprint density at radius 2 is 1.77 bits per heavy atom. The first-order valence-electron chi connectivity index (χ1n) is 8.95. The van der Waals surface area contributed by atoms with Gasteiger partial charge in [-0.25, -0.2) is 0 Å². The lowest BCUT2D eigenvalue weighted by molar-refractivity contribution is -0.155. The Hall–Kier alpha value is -0.900. The van der Waals surface area contributed by atoms with E-state index in [4.69, 9.17) is 9.47 Å². The van der Waals surface area contributed by atoms with Crippen molar-refractivity contribution in [1.29, 1.82) is 0 Å². The third kappa shape index (κ3) is 7.92. The van der Waals surface area contributed by atoms with Crippen LogP contribution in [0.3, 0.4) is 0 Å². The molecule has 0 bridgehead atoms. The molecule has 0 unspecified atom stereocenters. The lowest BCUT2D eigenvalue weighted by Crippen LogP contribution is -2.31. The molecule has 22 heavy (non-hydrogen) atoms. The van der Waals surface area contributed by atoms with E-state index in [2.05, 4.69) is 6.92 Å². The highest BCUT2D eigenvalue weighted by Crippen LogP contribution is 2.26. The maximum Gasteiger partial charge on any atom is 0.302 e. The fourth-order valence-corrected chi connectivity index (χ4v) is 3.08. The number of aldehydes is 1. The Morgan fingerprint density at radius 1 is 1.14 bits per heavy atom. The minimum absolute atomic E-state index is 0.108. The average Bonchev–Trinajstić information content (AvgIpc) is 2.97. The number of carbonyl (C=O) groups is 2. The van der Waals surface area contributed by atoms with Crippen molar-refractivity contribution in [2.24, 2.45) is 0 Å². The Balaban J connectivity index is 2.19. The molecule has 1 saturated heterocycles. The molecule has 3 atom stereocenters. The van der Waals surface area contributed by atoms with Crippen LogP contribution in [-0.4, -0.2) is 30.6 Å². The predicted molar refractivity (Wildman–Crippen MR) is 86.7 cm³/mol. The lowest BCUT2D eigenvalue weighted by atomic mass is 10.0. The van der Waals surface area contributed by atoms with Crippen LogP contribution in [-0.2, 0) is 19.1 Å². The number of ether oxygens (including phenoxy) is 2. The van der Waals surface area contributed by atoms with E-state index in [1.165, 1.54) is 51.9 Å². The van der Waals surface area contributed by atoms with E-state index in [0.717, 1.165) is 32.0 Å². The first-order chi connectivity index (χ1) is 10.7. The van der Waals surface area contributed by atoms with E-state index in [-0.39, 0.29) is 24.3 Å². The van der Waals surface area contributed by atoms with Gasteiger partial charge in [0.15, 0.2) is 0 Å². The molecule has 128 valence electrons. The first-order valence-corrected chi connectivity index (χ1v) is 8.95. The summed E-state index contributed by atoms with van der Waals surface area (Å²) >= 11 is 0. The summed E-state index contributed by atoms with van der Waals surface area (Å²) in [7, 11) is 0. The molecule has 0 saturated carbocycles. The molecule has 0 spiro atoms. The summed E-state index contributed by atoms with van der Waals surface area (Å²) < 4.78 is 11.1. The van der Waals surface area contributed by atoms with Crippen molar-refractivity contribution in [3.8, 4) is 0 Å². The topological polar surface area (TPSA) is 52.6 Å². The standard InChI is InChI=1S/C18H32O4/c1-3-4-5-6-7-8-9-10-11-17(21-15(2)20)18-13-12-16(14-19)22-18/h14,16-18H,3-13H2,1-2H3/t16-,17+,18+/m0/s1. The van der Waals surface area contributed by atoms with Gasteiger partial charge in [0.25, 0.3) is 0 Å². The molecule has 0 aromatic heterocycles. The van der Waals surface area contributed by atoms with Crippen LogP contribution in [0.2, 0.25) is 0 Å². The molecule has 4 nitrogen and oxygen atoms in total. The molecule has 0 amide bonds. The van der Waals surface area contributed by atoms with E-state index in [1.54, 1.807) is 0 Å². The predicted octanol–water partition coefficient (Wildman–Crippen LogP) is 4.20. The highest BCUT2D eigenvalue weighted by atomic mass is 16.6. The van der Waals surface area contributed by atoms with Gasteiger partial charge in [-0.05, 0) is 25.7 Å². The number of hydrogen-bond acceptors (Lipinski definition) is 4. The molecule has 0 aliphatic carbocycles. The molecular formula is C18H32O4. The van der Waals surface area contributed by atoms with Crippen molar-refractivity contribution in [3.05, 3.63) is 0 Å². The molecule has 4 heteroatoms. The van der Waals surface area contributed by atoms with E-state index < -0.39 is 0 Å². The molecule has 1 heterocycles. The van der Waals surface area contributed by atoms with E-state index in [1.807, 2.05) is 0 Å². The SMILES string of the molecule is CCCCCCCCCC[C@@H](OC(C)=O)[C@H]1CC[C@@H](C=O)O1. The van der Waals surface area contributed by atoms with Crippen LogP contribution in [0, 0.1) is 0 Å². The van der Waals surface area contributed by atoms with Gasteiger partial charge in [0.2, 0.25) is 0 Å². The molecule has 1 fully saturated rings. The second-order valence-corrected chi connectivity index (χ2v) is 6.34. The second-order valence-electron chi connectivity index (χ2n) is 6.34. The van der Waals surface area contributed by atoms with Crippen LogP contribution >= 0.6 is 0 Å². The first kappa shape index (κ1) is 19.1. The van der Waals surface area contributed by atoms with Gasteiger partial charge in [0.1, 0.15) is 18.5 Å². The minimum Gasteiger partial charge on any atom is -0.460 e. The number of rotatable bonds is 12. The zero-order chi connectivity index (χ0) is 16.2. The Kier molecular flexibility index (Phi) is 10.1. The average molecular weight is 312 g/mol. The summed E-state index contributed by atoms with van der Waals surface area (Å²) in [5.41, 5.74) is 0. The fraction of sp³-hybridized carbons (Fsp3) is 0.889. The number of unbranched alkanes of at least 4 members (excludes halogenated alkanes) is 7. The van der Waals surface area contributed by atoms with Crippen LogP contribution in [0.25, 0.3) is 0 Å². The van der Waals surface area contributed by atoms with Gasteiger partial charge in [-0.15, -0.1) is 0 Å². The lowest BCUT2D eigenvalue weighted by Gasteiger charge is -2.23. The van der Waals surface area contributed by atoms with Crippen molar-refractivity contribution < 1.29 is 19.1 Å². The van der Waals surface area contributed by atoms with Gasteiger partial charge in [-0.3, -0.25) is 4.79 Å². The van der Waals surface area contributed by atoms with Crippen LogP contribution in [0.5, 0.6) is 0 Å². The van der Waals surface area contributed by atoms with Gasteiger partial charge >= 0.3 is 5.97 Å². The maximum absolute atomic E-state index is 11.3. The largest absolute Gasteiger partial charge is 0.460 e. The third-order valence-electron chi connectivity index (χ3n) is 4.31. The summed E-state index contributed by atoms with van der Waals surface area (Å²) in [6, 6.07) is 0. The van der Waals surface area contributed by atoms with E-state index >= 15 is 0 Å². The van der Waals surface area contributed by atoms with Crippen molar-refractivity contribution in [1.82, 2.24) is 0 Å². The summed E-state index contributed by atoms with van der Waals surface area (Å²) in [5.74, 6) is -0.261. The van der Waals surface area contributed by atoms with Crippen LogP contribution in [0.15, 0.2) is 0 Å². The third-order valence-corrected chi connectivity index (χ3v) is 4.31. The summed E-state index contributed by atoms with van der Waals surface area (Å²) in [6.07, 6.45) is 12.7.